The van der Waals surface area contributed by atoms with Crippen LogP contribution in [0.25, 0.3) is 0 Å². The van der Waals surface area contributed by atoms with E-state index in [0.717, 1.165) is 25.2 Å². The maximum atomic E-state index is 13.0. The van der Waals surface area contributed by atoms with Gasteiger partial charge in [-0.2, -0.15) is 0 Å². The van der Waals surface area contributed by atoms with Crippen LogP contribution in [0.2, 0.25) is 0 Å². The number of hydrogen-bond acceptors (Lipinski definition) is 4. The topological polar surface area (TPSA) is 78.5 Å². The number of hydrogen-bond donors (Lipinski definition) is 2. The molecular weight excluding hydrogens is 429 g/mol. The minimum absolute atomic E-state index is 0.000375. The van der Waals surface area contributed by atoms with Crippen LogP contribution >= 0.6 is 0 Å². The molecule has 0 spiro atoms. The number of benzene rings is 3. The Kier molecular flexibility index (Phi) is 7.61. The molecule has 3 rings (SSSR count). The van der Waals surface area contributed by atoms with Gasteiger partial charge in [-0.1, -0.05) is 26.0 Å². The van der Waals surface area contributed by atoms with Crippen molar-refractivity contribution < 1.29 is 17.6 Å². The SMILES string of the molecule is CCN(CC)Cc1cccc(NC(=O)c2ccc(S(=O)(=O)Nc3ccc(F)cc3)cc2)c1. The lowest BCUT2D eigenvalue weighted by molar-refractivity contribution is 0.102. The van der Waals surface area contributed by atoms with Crippen LogP contribution in [-0.4, -0.2) is 32.3 Å². The van der Waals surface area contributed by atoms with E-state index in [2.05, 4.69) is 28.8 Å². The van der Waals surface area contributed by atoms with Gasteiger partial charge in [-0.05, 0) is 79.3 Å². The van der Waals surface area contributed by atoms with E-state index >= 15 is 0 Å². The Hall–Kier alpha value is -3.23. The molecule has 168 valence electrons. The van der Waals surface area contributed by atoms with Crippen LogP contribution in [0.1, 0.15) is 29.8 Å². The van der Waals surface area contributed by atoms with Gasteiger partial charge in [0.25, 0.3) is 15.9 Å². The van der Waals surface area contributed by atoms with Crippen molar-refractivity contribution in [3.05, 3.63) is 89.7 Å². The Labute approximate surface area is 188 Å². The number of nitrogens with one attached hydrogen (secondary N) is 2. The van der Waals surface area contributed by atoms with Crippen molar-refractivity contribution in [2.24, 2.45) is 0 Å². The Balaban J connectivity index is 1.68. The van der Waals surface area contributed by atoms with Gasteiger partial charge in [0, 0.05) is 23.5 Å². The normalized spacial score (nSPS) is 11.4. The minimum atomic E-state index is -3.86. The quantitative estimate of drug-likeness (QED) is 0.489. The monoisotopic (exact) mass is 455 g/mol. The number of halogens is 1. The van der Waals surface area contributed by atoms with Gasteiger partial charge in [-0.15, -0.1) is 0 Å². The van der Waals surface area contributed by atoms with Gasteiger partial charge >= 0.3 is 0 Å². The van der Waals surface area contributed by atoms with Crippen molar-refractivity contribution in [2.75, 3.05) is 23.1 Å². The molecule has 0 radical (unpaired) electrons. The summed E-state index contributed by atoms with van der Waals surface area (Å²) >= 11 is 0. The molecule has 0 aliphatic rings. The van der Waals surface area contributed by atoms with Gasteiger partial charge in [-0.3, -0.25) is 14.4 Å². The molecule has 6 nitrogen and oxygen atoms in total. The average Bonchev–Trinajstić information content (AvgIpc) is 2.79. The zero-order valence-corrected chi connectivity index (χ0v) is 18.8. The summed E-state index contributed by atoms with van der Waals surface area (Å²) in [6.45, 7) is 6.89. The fourth-order valence-electron chi connectivity index (χ4n) is 3.17. The number of amides is 1. The molecule has 2 N–H and O–H groups in total. The summed E-state index contributed by atoms with van der Waals surface area (Å²) < 4.78 is 40.4. The molecular formula is C24H26FN3O3S. The van der Waals surface area contributed by atoms with Gasteiger partial charge in [0.1, 0.15) is 5.82 Å². The van der Waals surface area contributed by atoms with E-state index in [-0.39, 0.29) is 16.5 Å². The van der Waals surface area contributed by atoms with Crippen LogP contribution in [0.4, 0.5) is 15.8 Å². The van der Waals surface area contributed by atoms with Gasteiger partial charge in [0.15, 0.2) is 0 Å². The summed E-state index contributed by atoms with van der Waals surface area (Å²) in [4.78, 5) is 14.9. The summed E-state index contributed by atoms with van der Waals surface area (Å²) in [7, 11) is -3.86. The Morgan fingerprint density at radius 3 is 2.19 bits per heavy atom. The van der Waals surface area contributed by atoms with Crippen molar-refractivity contribution in [2.45, 2.75) is 25.3 Å². The molecule has 0 saturated heterocycles. The summed E-state index contributed by atoms with van der Waals surface area (Å²) in [5.74, 6) is -0.790. The van der Waals surface area contributed by atoms with E-state index in [4.69, 9.17) is 0 Å². The lowest BCUT2D eigenvalue weighted by Gasteiger charge is -2.18. The second-order valence-corrected chi connectivity index (χ2v) is 8.94. The fraction of sp³-hybridized carbons (Fsp3) is 0.208. The molecule has 3 aromatic carbocycles. The van der Waals surface area contributed by atoms with Gasteiger partial charge in [0.05, 0.1) is 4.90 Å². The number of anilines is 2. The van der Waals surface area contributed by atoms with Crippen LogP contribution in [0.15, 0.2) is 77.7 Å². The van der Waals surface area contributed by atoms with Crippen LogP contribution in [0.5, 0.6) is 0 Å². The summed E-state index contributed by atoms with van der Waals surface area (Å²) in [5.41, 5.74) is 2.35. The molecule has 0 atom stereocenters. The van der Waals surface area contributed by atoms with Crippen LogP contribution in [-0.2, 0) is 16.6 Å². The minimum Gasteiger partial charge on any atom is -0.322 e. The lowest BCUT2D eigenvalue weighted by atomic mass is 10.1. The Morgan fingerprint density at radius 1 is 0.906 bits per heavy atom. The molecule has 0 fully saturated rings. The number of carbonyl (C=O) groups is 1. The van der Waals surface area contributed by atoms with Gasteiger partial charge in [0.2, 0.25) is 0 Å². The molecule has 8 heteroatoms. The first kappa shape index (κ1) is 23.4. The Morgan fingerprint density at radius 2 is 1.56 bits per heavy atom. The predicted octanol–water partition coefficient (Wildman–Crippen LogP) is 4.72. The maximum Gasteiger partial charge on any atom is 0.261 e. The Bertz CT molecular complexity index is 1160. The molecule has 0 aliphatic carbocycles. The van der Waals surface area contributed by atoms with E-state index in [0.29, 0.717) is 11.3 Å². The first-order chi connectivity index (χ1) is 15.3. The molecule has 0 bridgehead atoms. The van der Waals surface area contributed by atoms with Crippen LogP contribution in [0.3, 0.4) is 0 Å². The van der Waals surface area contributed by atoms with Crippen molar-refractivity contribution in [3.63, 3.8) is 0 Å². The van der Waals surface area contributed by atoms with Crippen molar-refractivity contribution in [3.8, 4) is 0 Å². The fourth-order valence-corrected chi connectivity index (χ4v) is 4.23. The molecule has 0 heterocycles. The maximum absolute atomic E-state index is 13.0. The highest BCUT2D eigenvalue weighted by Crippen LogP contribution is 2.18. The highest BCUT2D eigenvalue weighted by atomic mass is 32.2. The molecule has 0 aliphatic heterocycles. The molecule has 32 heavy (non-hydrogen) atoms. The molecule has 0 unspecified atom stereocenters. The van der Waals surface area contributed by atoms with Crippen LogP contribution < -0.4 is 10.0 Å². The zero-order valence-electron chi connectivity index (χ0n) is 18.0. The molecule has 0 aromatic heterocycles. The summed E-state index contributed by atoms with van der Waals surface area (Å²) in [6, 6.07) is 18.3. The predicted molar refractivity (Wildman–Crippen MR) is 125 cm³/mol. The second kappa shape index (κ2) is 10.4. The number of rotatable bonds is 9. The number of nitrogens with zero attached hydrogens (tertiary/aromatic N) is 1. The first-order valence-corrected chi connectivity index (χ1v) is 11.8. The van der Waals surface area contributed by atoms with Gasteiger partial charge in [-0.25, -0.2) is 12.8 Å². The average molecular weight is 456 g/mol. The van der Waals surface area contributed by atoms with Crippen molar-refractivity contribution in [1.29, 1.82) is 0 Å². The third-order valence-electron chi connectivity index (χ3n) is 5.01. The molecule has 0 saturated carbocycles. The van der Waals surface area contributed by atoms with E-state index in [1.807, 2.05) is 24.3 Å². The molecule has 1 amide bonds. The third kappa shape index (κ3) is 6.15. The van der Waals surface area contributed by atoms with Crippen molar-refractivity contribution in [1.82, 2.24) is 4.90 Å². The van der Waals surface area contributed by atoms with E-state index in [1.54, 1.807) is 0 Å². The zero-order chi connectivity index (χ0) is 23.1. The van der Waals surface area contributed by atoms with E-state index in [1.165, 1.54) is 48.5 Å². The standard InChI is InChI=1S/C24H26FN3O3S/c1-3-28(4-2)17-18-6-5-7-22(16-18)26-24(29)19-8-14-23(15-9-19)32(30,31)27-21-12-10-20(25)11-13-21/h5-16,27H,3-4,17H2,1-2H3,(H,26,29). The summed E-state index contributed by atoms with van der Waals surface area (Å²) in [6.07, 6.45) is 0. The summed E-state index contributed by atoms with van der Waals surface area (Å²) in [5, 5.41) is 2.85. The van der Waals surface area contributed by atoms with Crippen molar-refractivity contribution >= 4 is 27.3 Å². The van der Waals surface area contributed by atoms with Gasteiger partial charge < -0.3 is 5.32 Å². The highest BCUT2D eigenvalue weighted by molar-refractivity contribution is 7.92. The smallest absolute Gasteiger partial charge is 0.261 e. The second-order valence-electron chi connectivity index (χ2n) is 7.25. The highest BCUT2D eigenvalue weighted by Gasteiger charge is 2.15. The lowest BCUT2D eigenvalue weighted by Crippen LogP contribution is -2.22. The van der Waals surface area contributed by atoms with E-state index < -0.39 is 15.8 Å². The largest absolute Gasteiger partial charge is 0.322 e. The first-order valence-electron chi connectivity index (χ1n) is 10.3. The number of carbonyl (C=O) groups excluding carboxylic acids is 1. The third-order valence-corrected chi connectivity index (χ3v) is 6.41. The molecule has 3 aromatic rings. The van der Waals surface area contributed by atoms with Crippen LogP contribution in [0, 0.1) is 5.82 Å². The number of sulfonamides is 1. The van der Waals surface area contributed by atoms with E-state index in [9.17, 15) is 17.6 Å².